The number of ether oxygens (including phenoxy) is 1. The van der Waals surface area contributed by atoms with Crippen LogP contribution in [0, 0.1) is 19.3 Å². The number of imidazole rings is 1. The zero-order chi connectivity index (χ0) is 56.1. The van der Waals surface area contributed by atoms with Crippen molar-refractivity contribution in [1.29, 1.82) is 0 Å². The molecule has 1 aliphatic heterocycles. The van der Waals surface area contributed by atoms with Gasteiger partial charge < -0.3 is 55.3 Å². The first-order valence-electron chi connectivity index (χ1n) is 26.0. The number of anilines is 1. The maximum absolute atomic E-state index is 12.8. The number of amides is 2. The Labute approximate surface area is 448 Å². The number of unbranched alkanes of at least 4 members (excludes halogenated alkanes) is 13. The lowest BCUT2D eigenvalue weighted by molar-refractivity contribution is -0.137. The van der Waals surface area contributed by atoms with Gasteiger partial charge in [-0.15, -0.1) is 0 Å². The summed E-state index contributed by atoms with van der Waals surface area (Å²) in [5.41, 5.74) is 6.97. The molecular formula is C47H80N7O18P3S. The number of rotatable bonds is 38. The molecule has 0 radical (unpaired) electrons. The van der Waals surface area contributed by atoms with Gasteiger partial charge in [0.15, 0.2) is 22.8 Å². The number of aryl methyl sites for hydroxylation is 2. The maximum Gasteiger partial charge on any atom is 0.481 e. The molecule has 1 saturated heterocycles. The van der Waals surface area contributed by atoms with E-state index in [4.69, 9.17) is 23.9 Å². The number of hydrogen-bond donors (Lipinski definition) is 9. The van der Waals surface area contributed by atoms with Gasteiger partial charge in [-0.2, -0.15) is 4.31 Å². The second-order valence-electron chi connectivity index (χ2n) is 19.7. The van der Waals surface area contributed by atoms with Gasteiger partial charge in [0.2, 0.25) is 11.8 Å². The quantitative estimate of drug-likeness (QED) is 0.0207. The third-order valence-electron chi connectivity index (χ3n) is 13.0. The van der Waals surface area contributed by atoms with Crippen molar-refractivity contribution in [3.8, 4) is 0 Å². The number of fused-ring (bicyclic) bond motifs is 1. The molecule has 3 aromatic heterocycles. The minimum Gasteiger partial charge on any atom is -0.466 e. The van der Waals surface area contributed by atoms with E-state index in [0.717, 1.165) is 61.1 Å². The summed E-state index contributed by atoms with van der Waals surface area (Å²) >= 11 is 1.15. The maximum atomic E-state index is 12.8. The third-order valence-corrected chi connectivity index (χ3v) is 17.0. The first-order chi connectivity index (χ1) is 35.8. The van der Waals surface area contributed by atoms with Crippen LogP contribution in [0.3, 0.4) is 0 Å². The molecular weight excluding hydrogens is 1080 g/mol. The molecule has 1 aliphatic rings. The second-order valence-corrected chi connectivity index (χ2v) is 25.1. The van der Waals surface area contributed by atoms with E-state index in [1.54, 1.807) is 0 Å². The molecule has 3 aromatic rings. The molecule has 76 heavy (non-hydrogen) atoms. The first-order valence-corrected chi connectivity index (χ1v) is 31.5. The molecule has 0 bridgehead atoms. The van der Waals surface area contributed by atoms with Gasteiger partial charge in [-0.3, -0.25) is 32.5 Å². The number of nitrogens with zero attached hydrogens (tertiary/aromatic N) is 4. The summed E-state index contributed by atoms with van der Waals surface area (Å²) in [7, 11) is -16.4. The number of nitrogens with two attached hydrogens (primary N) is 1. The highest BCUT2D eigenvalue weighted by molar-refractivity contribution is 8.13. The number of aromatic nitrogens is 4. The van der Waals surface area contributed by atoms with Crippen molar-refractivity contribution in [1.82, 2.24) is 30.2 Å². The van der Waals surface area contributed by atoms with Gasteiger partial charge in [-0.25, -0.2) is 28.6 Å². The lowest BCUT2D eigenvalue weighted by atomic mass is 9.87. The highest BCUT2D eigenvalue weighted by Gasteiger charge is 2.50. The normalized spacial score (nSPS) is 19.1. The fraction of sp³-hybridized carbons (Fsp3) is 0.745. The van der Waals surface area contributed by atoms with Crippen molar-refractivity contribution in [2.45, 2.75) is 187 Å². The summed E-state index contributed by atoms with van der Waals surface area (Å²) in [5, 5.41) is 26.7. The Morgan fingerprint density at radius 3 is 2.00 bits per heavy atom. The van der Waals surface area contributed by atoms with Gasteiger partial charge in [0.05, 0.1) is 19.5 Å². The van der Waals surface area contributed by atoms with Crippen LogP contribution in [0.4, 0.5) is 5.82 Å². The van der Waals surface area contributed by atoms with Crippen LogP contribution in [0.25, 0.3) is 11.2 Å². The van der Waals surface area contributed by atoms with E-state index in [1.807, 2.05) is 0 Å². The van der Waals surface area contributed by atoms with Gasteiger partial charge in [-0.05, 0) is 44.2 Å². The van der Waals surface area contributed by atoms with Crippen LogP contribution in [0.5, 0.6) is 0 Å². The minimum absolute atomic E-state index is 0.0327. The van der Waals surface area contributed by atoms with E-state index in [2.05, 4.69) is 55.2 Å². The number of furan rings is 1. The van der Waals surface area contributed by atoms with Crippen molar-refractivity contribution in [3.05, 3.63) is 35.3 Å². The number of aliphatic hydroxyl groups is 2. The van der Waals surface area contributed by atoms with E-state index in [1.165, 1.54) is 114 Å². The van der Waals surface area contributed by atoms with Gasteiger partial charge in [0.25, 0.3) is 0 Å². The van der Waals surface area contributed by atoms with E-state index in [-0.39, 0.29) is 41.6 Å². The monoisotopic (exact) mass is 1160 g/mol. The van der Waals surface area contributed by atoms with Crippen LogP contribution in [0.2, 0.25) is 0 Å². The predicted octanol–water partition coefficient (Wildman–Crippen LogP) is 6.92. The molecule has 432 valence electrons. The molecule has 0 spiro atoms. The van der Waals surface area contributed by atoms with Crippen molar-refractivity contribution in [3.63, 3.8) is 0 Å². The fourth-order valence-corrected chi connectivity index (χ4v) is 12.0. The van der Waals surface area contributed by atoms with E-state index in [0.29, 0.717) is 12.2 Å². The van der Waals surface area contributed by atoms with Crippen LogP contribution in [0.15, 0.2) is 17.1 Å². The Bertz CT molecular complexity index is 2460. The molecule has 10 N–H and O–H groups in total. The van der Waals surface area contributed by atoms with Gasteiger partial charge in [0.1, 0.15) is 47.8 Å². The summed E-state index contributed by atoms with van der Waals surface area (Å²) in [5.74, 6) is 1.33. The molecule has 25 nitrogen and oxygen atoms in total. The SMILES string of the molecule is CCCCCc1oc(CCCCCCCCCCCCCCC(=O)SCCNC(=O)CCNC(=O)C(O)C(C)(C)COP(=O)(O)OP(=O)(O)OCC2OC(n3cnc4c(N)ncnc43)C(O)C2OP(=O)(O)O)c(C)c1C. The smallest absolute Gasteiger partial charge is 0.466 e. The number of nitrogen functional groups attached to an aromatic ring is 1. The van der Waals surface area contributed by atoms with Gasteiger partial charge >= 0.3 is 23.5 Å². The zero-order valence-corrected chi connectivity index (χ0v) is 47.7. The summed E-state index contributed by atoms with van der Waals surface area (Å²) in [4.78, 5) is 88.7. The molecule has 0 aliphatic carbocycles. The molecule has 7 atom stereocenters. The van der Waals surface area contributed by atoms with Crippen LogP contribution >= 0.6 is 35.2 Å². The van der Waals surface area contributed by atoms with Crippen molar-refractivity contribution in [2.24, 2.45) is 5.41 Å². The summed E-state index contributed by atoms with van der Waals surface area (Å²) < 4.78 is 68.8. The van der Waals surface area contributed by atoms with E-state index in [9.17, 15) is 57.9 Å². The zero-order valence-electron chi connectivity index (χ0n) is 44.2. The van der Waals surface area contributed by atoms with Crippen molar-refractivity contribution in [2.75, 3.05) is 37.8 Å². The first kappa shape index (κ1) is 65.4. The molecule has 29 heteroatoms. The molecule has 0 aromatic carbocycles. The summed E-state index contributed by atoms with van der Waals surface area (Å²) in [6, 6.07) is 0. The Morgan fingerprint density at radius 1 is 0.816 bits per heavy atom. The minimum atomic E-state index is -5.58. The number of carbonyl (C=O) groups is 3. The summed E-state index contributed by atoms with van der Waals surface area (Å²) in [6.45, 7) is 7.17. The molecule has 2 amide bonds. The number of carbonyl (C=O) groups excluding carboxylic acids is 3. The molecule has 1 fully saturated rings. The van der Waals surface area contributed by atoms with Gasteiger partial charge in [-0.1, -0.05) is 110 Å². The number of phosphoric acid groups is 3. The lowest BCUT2D eigenvalue weighted by Crippen LogP contribution is -2.46. The largest absolute Gasteiger partial charge is 0.481 e. The fourth-order valence-electron chi connectivity index (χ4n) is 8.42. The highest BCUT2D eigenvalue weighted by atomic mass is 32.2. The standard InChI is InChI=1S/C47H80N7O18P3S/c1-6-7-18-21-34-32(2)33(3)35(69-34)22-19-16-14-12-10-8-9-11-13-15-17-20-23-38(56)76-27-26-49-37(55)24-25-50-45(59)42(58)47(4,5)29-68-75(65,66)72-74(63,64)67-28-36-41(71-73(60,61)62)40(57)46(70-36)54-31-53-39-43(48)51-30-52-44(39)54/h30-31,36,40-42,46,57-58H,6-29H2,1-5H3,(H,49,55)(H,50,59)(H,63,64)(H,65,66)(H2,48,51,52)(H2,60,61,62). The number of aliphatic hydroxyl groups excluding tert-OH is 2. The van der Waals surface area contributed by atoms with Gasteiger partial charge in [0, 0.05) is 49.9 Å². The summed E-state index contributed by atoms with van der Waals surface area (Å²) in [6.07, 6.45) is 13.4. The van der Waals surface area contributed by atoms with Crippen molar-refractivity contribution >= 4 is 69.1 Å². The number of phosphoric ester groups is 3. The van der Waals surface area contributed by atoms with Crippen LogP contribution in [0.1, 0.15) is 159 Å². The van der Waals surface area contributed by atoms with Crippen LogP contribution in [-0.4, -0.2) is 123 Å². The highest BCUT2D eigenvalue weighted by Crippen LogP contribution is 2.61. The van der Waals surface area contributed by atoms with Crippen molar-refractivity contribution < 1.29 is 84.9 Å². The topological polar surface area (TPSA) is 377 Å². The van der Waals surface area contributed by atoms with E-state index >= 15 is 0 Å². The molecule has 0 saturated carbocycles. The Kier molecular flexibility index (Phi) is 27.2. The third kappa shape index (κ3) is 22.2. The number of nitrogens with one attached hydrogen (secondary N) is 2. The van der Waals surface area contributed by atoms with E-state index < -0.39 is 84.6 Å². The molecule has 7 unspecified atom stereocenters. The lowest BCUT2D eigenvalue weighted by Gasteiger charge is -2.30. The number of hydrogen-bond acceptors (Lipinski definition) is 19. The van der Waals surface area contributed by atoms with Crippen LogP contribution in [-0.2, 0) is 63.5 Å². The van der Waals surface area contributed by atoms with Crippen LogP contribution < -0.4 is 16.4 Å². The predicted molar refractivity (Wildman–Crippen MR) is 282 cm³/mol. The Hall–Kier alpha value is -3.16. The molecule has 4 rings (SSSR count). The Morgan fingerprint density at radius 2 is 1.39 bits per heavy atom. The average molecular weight is 1160 g/mol. The Balaban J connectivity index is 1.01. The second kappa shape index (κ2) is 31.6. The number of thioether (sulfide) groups is 1. The molecule has 4 heterocycles. The average Bonchev–Trinajstić information content (AvgIpc) is 4.00.